The molecule has 1 saturated carbocycles. The Hall–Kier alpha value is -2.52. The van der Waals surface area contributed by atoms with Crippen LogP contribution < -0.4 is 15.2 Å². The summed E-state index contributed by atoms with van der Waals surface area (Å²) in [6, 6.07) is 17.7. The number of anilines is 1. The van der Waals surface area contributed by atoms with E-state index in [0.717, 1.165) is 25.7 Å². The Morgan fingerprint density at radius 3 is 2.37 bits per heavy atom. The maximum atomic E-state index is 13.8. The smallest absolute Gasteiger partial charge is 0.316 e. The maximum absolute atomic E-state index is 13.8. The lowest BCUT2D eigenvalue weighted by Crippen LogP contribution is -2.50. The van der Waals surface area contributed by atoms with Crippen molar-refractivity contribution in [2.24, 2.45) is 0 Å². The highest BCUT2D eigenvalue weighted by Crippen LogP contribution is 2.36. The van der Waals surface area contributed by atoms with Crippen molar-refractivity contribution in [3.8, 4) is 11.4 Å². The number of nitrogens with zero attached hydrogens (tertiary/aromatic N) is 4. The number of rotatable bonds is 7. The van der Waals surface area contributed by atoms with E-state index in [1.807, 2.05) is 24.2 Å². The summed E-state index contributed by atoms with van der Waals surface area (Å²) in [6.07, 6.45) is 5.51. The molecule has 0 radical (unpaired) electrons. The van der Waals surface area contributed by atoms with E-state index in [0.29, 0.717) is 54.2 Å². The second kappa shape index (κ2) is 12.1. The van der Waals surface area contributed by atoms with Gasteiger partial charge in [-0.05, 0) is 69.2 Å². The lowest BCUT2D eigenvalue weighted by atomic mass is 9.83. The molecular formula is C29H35ClN4O3S. The Labute approximate surface area is 232 Å². The Kier molecular flexibility index (Phi) is 8.63. The molecule has 1 aromatic heterocycles. The molecule has 0 N–H and O–H groups in total. The highest BCUT2D eigenvalue weighted by molar-refractivity contribution is 7.89. The van der Waals surface area contributed by atoms with Crippen LogP contribution in [0.15, 0.2) is 65.6 Å². The molecule has 0 unspecified atom stereocenters. The van der Waals surface area contributed by atoms with Gasteiger partial charge < -0.3 is 14.2 Å². The molecule has 1 atom stereocenters. The van der Waals surface area contributed by atoms with Gasteiger partial charge in [-0.2, -0.15) is 9.78 Å². The first-order valence-corrected chi connectivity index (χ1v) is 15.0. The zero-order valence-corrected chi connectivity index (χ0v) is 23.5. The molecule has 0 spiro atoms. The maximum Gasteiger partial charge on any atom is 0.316 e. The van der Waals surface area contributed by atoms with Crippen LogP contribution in [-0.4, -0.2) is 56.2 Å². The Morgan fingerprint density at radius 1 is 1.00 bits per heavy atom. The van der Waals surface area contributed by atoms with Crippen molar-refractivity contribution in [3.05, 3.63) is 81.7 Å². The number of benzene rings is 2. The van der Waals surface area contributed by atoms with Crippen LogP contribution in [0.5, 0.6) is 5.75 Å². The first-order chi connectivity index (χ1) is 18.4. The number of halogens is 1. The summed E-state index contributed by atoms with van der Waals surface area (Å²) in [6.45, 7) is 6.56. The molecule has 7 nitrogen and oxygen atoms in total. The Morgan fingerprint density at radius 2 is 1.71 bits per heavy atom. The third-order valence-corrected chi connectivity index (χ3v) is 9.35. The van der Waals surface area contributed by atoms with Gasteiger partial charge in [0.2, 0.25) is 5.75 Å². The zero-order chi connectivity index (χ0) is 26.6. The van der Waals surface area contributed by atoms with E-state index in [1.54, 1.807) is 24.4 Å². The van der Waals surface area contributed by atoms with Crippen LogP contribution >= 0.6 is 11.6 Å². The number of hydrogen-bond acceptors (Lipinski definition) is 6. The standard InChI is InChI=1S/C29H35ClN4O3S/c1-21(2)38(36)33-17-15-32(16-18-33)27-20-31-34(25-10-6-9-24(30)19-25)29(35)28(27)37-26-13-11-23(12-14-26)22-7-4-3-5-8-22/h3-10,19-21,23,26H,11-18H2,1-2H3/t23?,26?,38-/m1/s1. The van der Waals surface area contributed by atoms with Gasteiger partial charge in [0.1, 0.15) is 10.9 Å². The fourth-order valence-corrected chi connectivity index (χ4v) is 6.67. The van der Waals surface area contributed by atoms with Crippen molar-refractivity contribution in [2.45, 2.75) is 56.8 Å². The molecule has 38 heavy (non-hydrogen) atoms. The minimum absolute atomic E-state index is 0.0358. The number of piperazine rings is 1. The average molecular weight is 555 g/mol. The van der Waals surface area contributed by atoms with Crippen molar-refractivity contribution in [2.75, 3.05) is 31.1 Å². The molecule has 0 amide bonds. The number of ether oxygens (including phenoxy) is 1. The van der Waals surface area contributed by atoms with E-state index in [9.17, 15) is 9.35 Å². The predicted octanol–water partition coefficient (Wildman–Crippen LogP) is 5.19. The van der Waals surface area contributed by atoms with E-state index >= 15 is 0 Å². The highest BCUT2D eigenvalue weighted by Gasteiger charge is 2.31. The summed E-state index contributed by atoms with van der Waals surface area (Å²) in [5, 5.41) is 5.12. The van der Waals surface area contributed by atoms with Crippen LogP contribution in [0, 0.1) is 0 Å². The summed E-state index contributed by atoms with van der Waals surface area (Å²) in [4.78, 5) is 15.9. The van der Waals surface area contributed by atoms with E-state index in [4.69, 9.17) is 16.3 Å². The molecule has 202 valence electrons. The van der Waals surface area contributed by atoms with Crippen LogP contribution in [0.1, 0.15) is 51.0 Å². The first kappa shape index (κ1) is 27.1. The van der Waals surface area contributed by atoms with Crippen LogP contribution in [0.25, 0.3) is 5.69 Å². The summed E-state index contributed by atoms with van der Waals surface area (Å²) in [7, 11) is 0. The normalized spacial score (nSPS) is 21.4. The summed E-state index contributed by atoms with van der Waals surface area (Å²) in [5.74, 6) is 0.854. The molecule has 1 saturated heterocycles. The monoisotopic (exact) mass is 554 g/mol. The van der Waals surface area contributed by atoms with Gasteiger partial charge in [-0.3, -0.25) is 4.79 Å². The highest BCUT2D eigenvalue weighted by atomic mass is 35.5. The molecule has 1 aliphatic heterocycles. The van der Waals surface area contributed by atoms with Crippen molar-refractivity contribution < 1.29 is 9.29 Å². The SMILES string of the molecule is CC(C)[S@@+]([O-])N1CCN(c2cnn(-c3cccc(Cl)c3)c(=O)c2OC2CCC(c3ccccc3)CC2)CC1. The zero-order valence-electron chi connectivity index (χ0n) is 22.0. The minimum atomic E-state index is -1.01. The van der Waals surface area contributed by atoms with Crippen molar-refractivity contribution >= 4 is 28.7 Å². The number of hydrogen-bond donors (Lipinski definition) is 0. The number of aromatic nitrogens is 2. The van der Waals surface area contributed by atoms with Crippen LogP contribution in [-0.2, 0) is 11.4 Å². The van der Waals surface area contributed by atoms with Gasteiger partial charge in [0.25, 0.3) is 0 Å². The average Bonchev–Trinajstić information content (AvgIpc) is 2.94. The van der Waals surface area contributed by atoms with Crippen LogP contribution in [0.4, 0.5) is 5.69 Å². The molecular weight excluding hydrogens is 520 g/mol. The largest absolute Gasteiger partial charge is 0.598 e. The molecule has 9 heteroatoms. The molecule has 3 aromatic rings. The van der Waals surface area contributed by atoms with Crippen LogP contribution in [0.2, 0.25) is 5.02 Å². The lowest BCUT2D eigenvalue weighted by Gasteiger charge is -2.37. The minimum Gasteiger partial charge on any atom is -0.598 e. The van der Waals surface area contributed by atoms with Crippen molar-refractivity contribution in [1.82, 2.24) is 14.1 Å². The molecule has 1 aliphatic carbocycles. The Bertz CT molecular complexity index is 1270. The molecule has 2 aromatic carbocycles. The lowest BCUT2D eigenvalue weighted by molar-refractivity contribution is 0.144. The fraction of sp³-hybridized carbons (Fsp3) is 0.448. The van der Waals surface area contributed by atoms with Crippen LogP contribution in [0.3, 0.4) is 0 Å². The van der Waals surface area contributed by atoms with E-state index in [-0.39, 0.29) is 16.9 Å². The molecule has 2 aliphatic rings. The fourth-order valence-electron chi connectivity index (χ4n) is 5.37. The summed E-state index contributed by atoms with van der Waals surface area (Å²) in [5.41, 5.74) is 2.39. The van der Waals surface area contributed by atoms with Gasteiger partial charge in [-0.15, -0.1) is 4.31 Å². The van der Waals surface area contributed by atoms with Gasteiger partial charge in [0.15, 0.2) is 0 Å². The third-order valence-electron chi connectivity index (χ3n) is 7.43. The van der Waals surface area contributed by atoms with Gasteiger partial charge in [0.05, 0.1) is 31.1 Å². The topological polar surface area (TPSA) is 73.7 Å². The second-order valence-electron chi connectivity index (χ2n) is 10.3. The molecule has 2 heterocycles. The quantitative estimate of drug-likeness (QED) is 0.374. The van der Waals surface area contributed by atoms with Crippen molar-refractivity contribution in [1.29, 1.82) is 0 Å². The molecule has 5 rings (SSSR count). The predicted molar refractivity (Wildman–Crippen MR) is 154 cm³/mol. The summed E-state index contributed by atoms with van der Waals surface area (Å²) >= 11 is 5.20. The van der Waals surface area contributed by atoms with E-state index < -0.39 is 11.4 Å². The van der Waals surface area contributed by atoms with E-state index in [2.05, 4.69) is 40.3 Å². The third kappa shape index (κ3) is 6.04. The first-order valence-electron chi connectivity index (χ1n) is 13.4. The molecule has 0 bridgehead atoms. The van der Waals surface area contributed by atoms with Gasteiger partial charge in [-0.1, -0.05) is 48.0 Å². The van der Waals surface area contributed by atoms with Gasteiger partial charge in [0, 0.05) is 29.5 Å². The van der Waals surface area contributed by atoms with E-state index in [1.165, 1.54) is 10.2 Å². The summed E-state index contributed by atoms with van der Waals surface area (Å²) < 4.78 is 22.5. The Balaban J connectivity index is 1.39. The molecule has 2 fully saturated rings. The van der Waals surface area contributed by atoms with Crippen molar-refractivity contribution in [3.63, 3.8) is 0 Å². The van der Waals surface area contributed by atoms with Gasteiger partial charge >= 0.3 is 5.56 Å². The second-order valence-corrected chi connectivity index (χ2v) is 12.7. The van der Waals surface area contributed by atoms with Gasteiger partial charge in [-0.25, -0.2) is 0 Å².